The van der Waals surface area contributed by atoms with Crippen LogP contribution in [0.1, 0.15) is 46.5 Å². The fraction of sp³-hybridized carbons (Fsp3) is 0.727. The molecule has 27 heavy (non-hydrogen) atoms. The Hall–Kier alpha value is -1.30. The van der Waals surface area contributed by atoms with Crippen LogP contribution in [0.3, 0.4) is 0 Å². The van der Waals surface area contributed by atoms with Crippen LogP contribution < -0.4 is 0 Å². The fourth-order valence-electron chi connectivity index (χ4n) is 7.37. The zero-order chi connectivity index (χ0) is 19.8. The second kappa shape index (κ2) is 5.85. The van der Waals surface area contributed by atoms with Crippen molar-refractivity contribution in [3.05, 3.63) is 23.8 Å². The predicted octanol–water partition coefficient (Wildman–Crippen LogP) is 1.80. The first-order valence-electron chi connectivity index (χ1n) is 10.1. The molecule has 0 bridgehead atoms. The van der Waals surface area contributed by atoms with Gasteiger partial charge in [-0.25, -0.2) is 0 Å². The Bertz CT molecular complexity index is 754. The Balaban J connectivity index is 1.78. The molecule has 4 rings (SSSR count). The van der Waals surface area contributed by atoms with Gasteiger partial charge in [-0.05, 0) is 55.6 Å². The number of aliphatic hydroxyl groups excluding tert-OH is 2. The first-order chi connectivity index (χ1) is 12.6. The molecule has 0 radical (unpaired) electrons. The van der Waals surface area contributed by atoms with Crippen LogP contribution in [-0.4, -0.2) is 45.2 Å². The molecule has 3 fully saturated rings. The van der Waals surface area contributed by atoms with Crippen LogP contribution in [0.15, 0.2) is 23.8 Å². The minimum atomic E-state index is -1.60. The zero-order valence-electron chi connectivity index (χ0n) is 16.3. The highest BCUT2D eigenvalue weighted by molar-refractivity contribution is 6.01. The van der Waals surface area contributed by atoms with Gasteiger partial charge in [-0.2, -0.15) is 0 Å². The van der Waals surface area contributed by atoms with Crippen molar-refractivity contribution in [3.8, 4) is 0 Å². The van der Waals surface area contributed by atoms with Crippen molar-refractivity contribution >= 4 is 11.6 Å². The predicted molar refractivity (Wildman–Crippen MR) is 99.6 cm³/mol. The molecule has 3 N–H and O–H groups in total. The number of rotatable bonds is 2. The van der Waals surface area contributed by atoms with Crippen molar-refractivity contribution in [3.63, 3.8) is 0 Å². The molecule has 4 aliphatic carbocycles. The summed E-state index contributed by atoms with van der Waals surface area (Å²) in [5.74, 6) is -0.539. The van der Waals surface area contributed by atoms with E-state index in [1.807, 2.05) is 19.9 Å². The second-order valence-electron chi connectivity index (χ2n) is 9.70. The number of carbonyl (C=O) groups is 2. The van der Waals surface area contributed by atoms with Crippen LogP contribution >= 0.6 is 0 Å². The number of hydrogen-bond donors (Lipinski definition) is 3. The van der Waals surface area contributed by atoms with E-state index in [9.17, 15) is 24.9 Å². The lowest BCUT2D eigenvalue weighted by atomic mass is 9.46. The van der Waals surface area contributed by atoms with Gasteiger partial charge >= 0.3 is 0 Å². The summed E-state index contributed by atoms with van der Waals surface area (Å²) in [4.78, 5) is 24.4. The van der Waals surface area contributed by atoms with Crippen molar-refractivity contribution in [1.29, 1.82) is 0 Å². The maximum Gasteiger partial charge on any atom is 0.190 e. The summed E-state index contributed by atoms with van der Waals surface area (Å²) in [5.41, 5.74) is -1.62. The highest BCUT2D eigenvalue weighted by Gasteiger charge is 2.70. The minimum Gasteiger partial charge on any atom is -0.393 e. The van der Waals surface area contributed by atoms with Crippen LogP contribution in [0, 0.1) is 34.5 Å². The van der Waals surface area contributed by atoms with Crippen LogP contribution in [0.25, 0.3) is 0 Å². The molecule has 0 aromatic carbocycles. The summed E-state index contributed by atoms with van der Waals surface area (Å²) in [6, 6.07) is 0. The summed E-state index contributed by atoms with van der Waals surface area (Å²) in [6.45, 7) is 5.23. The summed E-state index contributed by atoms with van der Waals surface area (Å²) >= 11 is 0. The molecule has 0 spiro atoms. The molecular formula is C22H30O5. The molecule has 8 atom stereocenters. The number of fused-ring (bicyclic) bond motifs is 5. The molecule has 0 saturated heterocycles. The van der Waals surface area contributed by atoms with Gasteiger partial charge < -0.3 is 15.3 Å². The third-order valence-electron chi connectivity index (χ3n) is 8.65. The molecule has 5 heteroatoms. The number of ketones is 2. The van der Waals surface area contributed by atoms with E-state index in [-0.39, 0.29) is 34.9 Å². The monoisotopic (exact) mass is 374 g/mol. The van der Waals surface area contributed by atoms with Gasteiger partial charge in [0, 0.05) is 16.7 Å². The van der Waals surface area contributed by atoms with E-state index in [0.29, 0.717) is 12.8 Å². The fourth-order valence-corrected chi connectivity index (χ4v) is 7.37. The van der Waals surface area contributed by atoms with Gasteiger partial charge in [0.15, 0.2) is 11.6 Å². The lowest BCUT2D eigenvalue weighted by molar-refractivity contribution is -0.183. The van der Waals surface area contributed by atoms with E-state index >= 15 is 0 Å². The summed E-state index contributed by atoms with van der Waals surface area (Å²) in [5, 5.41) is 32.1. The third kappa shape index (κ3) is 2.22. The van der Waals surface area contributed by atoms with Gasteiger partial charge in [0.25, 0.3) is 0 Å². The molecule has 0 amide bonds. The van der Waals surface area contributed by atoms with E-state index in [0.717, 1.165) is 18.4 Å². The van der Waals surface area contributed by atoms with Gasteiger partial charge in [-0.15, -0.1) is 0 Å². The number of aliphatic hydroxyl groups is 3. The van der Waals surface area contributed by atoms with Crippen molar-refractivity contribution in [2.24, 2.45) is 34.5 Å². The number of carbonyl (C=O) groups excluding carboxylic acids is 2. The topological polar surface area (TPSA) is 94.8 Å². The van der Waals surface area contributed by atoms with Crippen molar-refractivity contribution in [1.82, 2.24) is 0 Å². The van der Waals surface area contributed by atoms with Crippen LogP contribution in [0.2, 0.25) is 0 Å². The van der Waals surface area contributed by atoms with Gasteiger partial charge in [-0.3, -0.25) is 9.59 Å². The van der Waals surface area contributed by atoms with Crippen molar-refractivity contribution < 1.29 is 24.9 Å². The molecule has 0 aliphatic heterocycles. The summed E-state index contributed by atoms with van der Waals surface area (Å²) < 4.78 is 0. The van der Waals surface area contributed by atoms with E-state index < -0.39 is 29.5 Å². The van der Waals surface area contributed by atoms with E-state index in [1.165, 1.54) is 0 Å². The van der Waals surface area contributed by atoms with Crippen LogP contribution in [0.5, 0.6) is 0 Å². The Morgan fingerprint density at radius 2 is 2.04 bits per heavy atom. The highest BCUT2D eigenvalue weighted by Crippen LogP contribution is 2.68. The average molecular weight is 374 g/mol. The summed E-state index contributed by atoms with van der Waals surface area (Å²) in [7, 11) is 0. The Morgan fingerprint density at radius 3 is 2.70 bits per heavy atom. The average Bonchev–Trinajstić information content (AvgIpc) is 2.82. The Kier molecular flexibility index (Phi) is 4.12. The lowest BCUT2D eigenvalue weighted by Crippen LogP contribution is -2.62. The Labute approximate surface area is 160 Å². The van der Waals surface area contributed by atoms with Crippen molar-refractivity contribution in [2.75, 3.05) is 6.61 Å². The van der Waals surface area contributed by atoms with Crippen LogP contribution in [-0.2, 0) is 9.59 Å². The molecule has 148 valence electrons. The molecule has 4 aliphatic rings. The normalized spacial score (nSPS) is 51.3. The molecule has 5 nitrogen and oxygen atoms in total. The van der Waals surface area contributed by atoms with E-state index in [1.54, 1.807) is 12.2 Å². The molecule has 1 unspecified atom stereocenters. The van der Waals surface area contributed by atoms with Gasteiger partial charge in [0.1, 0.15) is 12.2 Å². The third-order valence-corrected chi connectivity index (χ3v) is 8.65. The van der Waals surface area contributed by atoms with Crippen LogP contribution in [0.4, 0.5) is 0 Å². The molecule has 3 saturated carbocycles. The lowest BCUT2D eigenvalue weighted by Gasteiger charge is -2.59. The van der Waals surface area contributed by atoms with Gasteiger partial charge in [0.2, 0.25) is 0 Å². The SMILES string of the molecule is C[C@H]1C[C@H]2[C@@H]3CCC4=CC(=O)C=C[C@]4(C)[C@H]3C(O)C[C@]2(C)[C@@]1(O)C(=O)CO. The molecule has 0 aromatic heterocycles. The van der Waals surface area contributed by atoms with Gasteiger partial charge in [-0.1, -0.05) is 32.4 Å². The molecule has 0 aromatic rings. The van der Waals surface area contributed by atoms with Crippen molar-refractivity contribution in [2.45, 2.75) is 58.2 Å². The number of hydrogen-bond acceptors (Lipinski definition) is 5. The number of allylic oxidation sites excluding steroid dienone is 4. The second-order valence-corrected chi connectivity index (χ2v) is 9.70. The highest BCUT2D eigenvalue weighted by atomic mass is 16.3. The van der Waals surface area contributed by atoms with Gasteiger partial charge in [0.05, 0.1) is 6.10 Å². The first-order valence-corrected chi connectivity index (χ1v) is 10.1. The maximum absolute atomic E-state index is 12.6. The molecular weight excluding hydrogens is 344 g/mol. The largest absolute Gasteiger partial charge is 0.393 e. The smallest absolute Gasteiger partial charge is 0.190 e. The zero-order valence-corrected chi connectivity index (χ0v) is 16.3. The maximum atomic E-state index is 12.6. The number of Topliss-reactive ketones (excluding diaryl/α,β-unsaturated/α-hetero) is 1. The standard InChI is InChI=1S/C22H30O5/c1-12-8-16-15-5-4-13-9-14(24)6-7-20(13,2)19(15)17(25)10-21(16,3)22(12,27)18(26)11-23/h6-7,9,12,15-17,19,23,25,27H,4-5,8,10-11H2,1-3H3/t12-,15-,16-,17?,19+,20-,21-,22-/m0/s1. The minimum absolute atomic E-state index is 0.00784. The van der Waals surface area contributed by atoms with E-state index in [2.05, 4.69) is 6.92 Å². The van der Waals surface area contributed by atoms with E-state index in [4.69, 9.17) is 0 Å². The first kappa shape index (κ1) is 19.0. The Morgan fingerprint density at radius 1 is 1.33 bits per heavy atom. The quantitative estimate of drug-likeness (QED) is 0.685. The molecule has 0 heterocycles. The summed E-state index contributed by atoms with van der Waals surface area (Å²) in [6.07, 6.45) is 7.30.